The SMILES string of the molecule is CCOC(=O)Nc1ccc2c(CSc3nc4ncccn4n3)cc(=O)oc2c1. The minimum absolute atomic E-state index is 0.266. The largest absolute Gasteiger partial charge is 0.450 e. The Kier molecular flexibility index (Phi) is 4.94. The van der Waals surface area contributed by atoms with Crippen molar-refractivity contribution in [3.8, 4) is 0 Å². The van der Waals surface area contributed by atoms with Crippen LogP contribution in [0.3, 0.4) is 0 Å². The molecule has 3 heterocycles. The molecule has 9 nitrogen and oxygen atoms in total. The monoisotopic (exact) mass is 397 g/mol. The molecule has 0 saturated carbocycles. The first-order valence-corrected chi connectivity index (χ1v) is 9.41. The summed E-state index contributed by atoms with van der Waals surface area (Å²) in [6.45, 7) is 1.99. The molecule has 10 heteroatoms. The maximum absolute atomic E-state index is 12.0. The standard InChI is InChI=1S/C18H15N5O4S/c1-2-26-18(25)20-12-4-5-13-11(8-15(24)27-14(13)9-12)10-28-17-21-16-19-6-3-7-23(16)22-17/h3-9H,2,10H2,1H3,(H,20,25). The molecule has 0 unspecified atom stereocenters. The maximum atomic E-state index is 12.0. The predicted molar refractivity (Wildman–Crippen MR) is 103 cm³/mol. The smallest absolute Gasteiger partial charge is 0.411 e. The second-order valence-corrected chi connectivity index (χ2v) is 6.64. The molecule has 1 aromatic carbocycles. The van der Waals surface area contributed by atoms with Gasteiger partial charge in [-0.2, -0.15) is 4.98 Å². The Balaban J connectivity index is 1.59. The van der Waals surface area contributed by atoms with Gasteiger partial charge in [0.15, 0.2) is 0 Å². The number of fused-ring (bicyclic) bond motifs is 2. The summed E-state index contributed by atoms with van der Waals surface area (Å²) < 4.78 is 11.7. The summed E-state index contributed by atoms with van der Waals surface area (Å²) in [5.74, 6) is 0.987. The van der Waals surface area contributed by atoms with E-state index in [0.717, 1.165) is 10.9 Å². The first-order valence-electron chi connectivity index (χ1n) is 8.43. The van der Waals surface area contributed by atoms with E-state index in [1.165, 1.54) is 17.8 Å². The highest BCUT2D eigenvalue weighted by molar-refractivity contribution is 7.98. The molecular formula is C18H15N5O4S. The van der Waals surface area contributed by atoms with E-state index in [9.17, 15) is 9.59 Å². The average molecular weight is 397 g/mol. The lowest BCUT2D eigenvalue weighted by Crippen LogP contribution is -2.13. The van der Waals surface area contributed by atoms with E-state index in [2.05, 4.69) is 20.4 Å². The van der Waals surface area contributed by atoms with Gasteiger partial charge in [-0.3, -0.25) is 5.32 Å². The summed E-state index contributed by atoms with van der Waals surface area (Å²) in [6.07, 6.45) is 2.85. The number of hydrogen-bond donors (Lipinski definition) is 1. The van der Waals surface area contributed by atoms with Gasteiger partial charge in [0, 0.05) is 41.4 Å². The molecule has 0 fully saturated rings. The highest BCUT2D eigenvalue weighted by atomic mass is 32.2. The van der Waals surface area contributed by atoms with Gasteiger partial charge in [0.25, 0.3) is 5.78 Å². The topological polar surface area (TPSA) is 112 Å². The van der Waals surface area contributed by atoms with Crippen LogP contribution >= 0.6 is 11.8 Å². The number of carbonyl (C=O) groups excluding carboxylic acids is 1. The van der Waals surface area contributed by atoms with Crippen LogP contribution in [-0.4, -0.2) is 32.3 Å². The third-order valence-electron chi connectivity index (χ3n) is 3.81. The summed E-state index contributed by atoms with van der Waals surface area (Å²) in [5.41, 5.74) is 1.17. The van der Waals surface area contributed by atoms with E-state index in [1.54, 1.807) is 48.1 Å². The number of hydrogen-bond acceptors (Lipinski definition) is 8. The van der Waals surface area contributed by atoms with Crippen LogP contribution in [0.15, 0.2) is 57.1 Å². The fraction of sp³-hybridized carbons (Fsp3) is 0.167. The summed E-state index contributed by atoms with van der Waals surface area (Å²) in [5, 5.41) is 8.25. The molecule has 1 N–H and O–H groups in total. The normalized spacial score (nSPS) is 11.0. The van der Waals surface area contributed by atoms with Crippen molar-refractivity contribution < 1.29 is 13.9 Å². The van der Waals surface area contributed by atoms with E-state index in [1.807, 2.05) is 0 Å². The molecular weight excluding hydrogens is 382 g/mol. The molecule has 0 aliphatic carbocycles. The number of nitrogens with zero attached hydrogens (tertiary/aromatic N) is 4. The van der Waals surface area contributed by atoms with E-state index in [0.29, 0.717) is 28.0 Å². The van der Waals surface area contributed by atoms with E-state index in [4.69, 9.17) is 9.15 Å². The number of ether oxygens (including phenoxy) is 1. The Morgan fingerprint density at radius 2 is 2.25 bits per heavy atom. The third kappa shape index (κ3) is 3.81. The van der Waals surface area contributed by atoms with Crippen LogP contribution in [0.1, 0.15) is 12.5 Å². The van der Waals surface area contributed by atoms with Gasteiger partial charge in [0.2, 0.25) is 5.16 Å². The van der Waals surface area contributed by atoms with Gasteiger partial charge in [-0.05, 0) is 30.7 Å². The lowest BCUT2D eigenvalue weighted by Gasteiger charge is -2.08. The molecule has 0 aliphatic rings. The van der Waals surface area contributed by atoms with E-state index < -0.39 is 11.7 Å². The molecule has 28 heavy (non-hydrogen) atoms. The molecule has 0 saturated heterocycles. The summed E-state index contributed by atoms with van der Waals surface area (Å²) in [4.78, 5) is 32.0. The molecule has 0 radical (unpaired) electrons. The zero-order chi connectivity index (χ0) is 19.5. The van der Waals surface area contributed by atoms with Crippen molar-refractivity contribution in [3.05, 3.63) is 58.7 Å². The van der Waals surface area contributed by atoms with Crippen molar-refractivity contribution >= 4 is 40.3 Å². The van der Waals surface area contributed by atoms with Crippen LogP contribution in [0.4, 0.5) is 10.5 Å². The highest BCUT2D eigenvalue weighted by Gasteiger charge is 2.11. The minimum atomic E-state index is -0.567. The Bertz CT molecular complexity index is 1190. The second-order valence-electron chi connectivity index (χ2n) is 5.69. The molecule has 4 aromatic rings. The van der Waals surface area contributed by atoms with Gasteiger partial charge in [-0.15, -0.1) is 5.10 Å². The fourth-order valence-electron chi connectivity index (χ4n) is 2.63. The number of aromatic nitrogens is 4. The fourth-order valence-corrected chi connectivity index (χ4v) is 3.44. The summed E-state index contributed by atoms with van der Waals surface area (Å²) in [7, 11) is 0. The van der Waals surface area contributed by atoms with Crippen LogP contribution in [0.5, 0.6) is 0 Å². The first-order chi connectivity index (χ1) is 13.6. The van der Waals surface area contributed by atoms with Gasteiger partial charge in [-0.25, -0.2) is 19.1 Å². The van der Waals surface area contributed by atoms with Crippen molar-refractivity contribution in [1.29, 1.82) is 0 Å². The highest BCUT2D eigenvalue weighted by Crippen LogP contribution is 2.26. The lowest BCUT2D eigenvalue weighted by atomic mass is 10.1. The van der Waals surface area contributed by atoms with Gasteiger partial charge < -0.3 is 9.15 Å². The number of rotatable bonds is 5. The summed E-state index contributed by atoms with van der Waals surface area (Å²) >= 11 is 1.39. The molecule has 142 valence electrons. The Hall–Kier alpha value is -3.40. The average Bonchev–Trinajstić information content (AvgIpc) is 3.09. The Morgan fingerprint density at radius 1 is 1.36 bits per heavy atom. The molecule has 3 aromatic heterocycles. The molecule has 0 aliphatic heterocycles. The van der Waals surface area contributed by atoms with Crippen molar-refractivity contribution in [3.63, 3.8) is 0 Å². The summed E-state index contributed by atoms with van der Waals surface area (Å²) in [6, 6.07) is 8.32. The number of thioether (sulfide) groups is 1. The number of nitrogens with one attached hydrogen (secondary N) is 1. The molecule has 0 bridgehead atoms. The van der Waals surface area contributed by atoms with Crippen LogP contribution < -0.4 is 10.9 Å². The Labute approximate surface area is 162 Å². The van der Waals surface area contributed by atoms with Gasteiger partial charge >= 0.3 is 11.7 Å². The van der Waals surface area contributed by atoms with Gasteiger partial charge in [0.05, 0.1) is 6.61 Å². The van der Waals surface area contributed by atoms with Crippen molar-refractivity contribution in [2.75, 3.05) is 11.9 Å². The second kappa shape index (κ2) is 7.69. The zero-order valence-electron chi connectivity index (χ0n) is 14.8. The first kappa shape index (κ1) is 18.0. The lowest BCUT2D eigenvalue weighted by molar-refractivity contribution is 0.168. The molecule has 1 amide bonds. The maximum Gasteiger partial charge on any atom is 0.411 e. The number of benzene rings is 1. The quantitative estimate of drug-likeness (QED) is 0.404. The predicted octanol–water partition coefficient (Wildman–Crippen LogP) is 3.09. The number of carbonyl (C=O) groups is 1. The van der Waals surface area contributed by atoms with Gasteiger partial charge in [-0.1, -0.05) is 11.8 Å². The van der Waals surface area contributed by atoms with Crippen molar-refractivity contribution in [2.45, 2.75) is 17.8 Å². The molecule has 0 atom stereocenters. The van der Waals surface area contributed by atoms with Crippen LogP contribution in [0.2, 0.25) is 0 Å². The zero-order valence-corrected chi connectivity index (χ0v) is 15.6. The van der Waals surface area contributed by atoms with Crippen LogP contribution in [-0.2, 0) is 10.5 Å². The van der Waals surface area contributed by atoms with E-state index >= 15 is 0 Å². The Morgan fingerprint density at radius 3 is 3.07 bits per heavy atom. The van der Waals surface area contributed by atoms with Crippen molar-refractivity contribution in [1.82, 2.24) is 19.6 Å². The minimum Gasteiger partial charge on any atom is -0.450 e. The number of amides is 1. The van der Waals surface area contributed by atoms with Crippen LogP contribution in [0.25, 0.3) is 16.7 Å². The van der Waals surface area contributed by atoms with Crippen molar-refractivity contribution in [2.24, 2.45) is 0 Å². The number of anilines is 1. The molecule has 0 spiro atoms. The van der Waals surface area contributed by atoms with Gasteiger partial charge in [0.1, 0.15) is 5.58 Å². The molecule has 4 rings (SSSR count). The third-order valence-corrected chi connectivity index (χ3v) is 4.69. The van der Waals surface area contributed by atoms with Crippen LogP contribution in [0, 0.1) is 0 Å². The van der Waals surface area contributed by atoms with E-state index in [-0.39, 0.29) is 6.61 Å².